The summed E-state index contributed by atoms with van der Waals surface area (Å²) in [5, 5.41) is 0. The van der Waals surface area contributed by atoms with Gasteiger partial charge in [-0.2, -0.15) is 0 Å². The van der Waals surface area contributed by atoms with E-state index in [0.29, 0.717) is 0 Å². The molecule has 1 aromatic rings. The third-order valence-corrected chi connectivity index (χ3v) is 2.55. The van der Waals surface area contributed by atoms with E-state index in [1.807, 2.05) is 25.1 Å². The Morgan fingerprint density at radius 2 is 2.00 bits per heavy atom. The highest BCUT2D eigenvalue weighted by Crippen LogP contribution is 2.43. The molecular weight excluding hydrogens is 180 g/mol. The molecule has 14 heavy (non-hydrogen) atoms. The Balaban J connectivity index is 2.43. The molecule has 0 aromatic heterocycles. The Kier molecular flexibility index (Phi) is 2.11. The number of benzene rings is 1. The standard InChI is InChI=1S/C11H14O3/c1-11(7-14-11)9-6-8(12-2)4-5-10(9)13-3/h4-6H,7H2,1-3H3. The number of methoxy groups -OCH3 is 2. The first-order valence-electron chi connectivity index (χ1n) is 4.56. The van der Waals surface area contributed by atoms with Crippen molar-refractivity contribution in [3.63, 3.8) is 0 Å². The lowest BCUT2D eigenvalue weighted by molar-refractivity contribution is 0.314. The van der Waals surface area contributed by atoms with Gasteiger partial charge in [-0.15, -0.1) is 0 Å². The van der Waals surface area contributed by atoms with Crippen LogP contribution in [0.15, 0.2) is 18.2 Å². The van der Waals surface area contributed by atoms with E-state index in [9.17, 15) is 0 Å². The first kappa shape index (κ1) is 9.34. The van der Waals surface area contributed by atoms with Crippen LogP contribution in [0.2, 0.25) is 0 Å². The lowest BCUT2D eigenvalue weighted by Gasteiger charge is -2.12. The van der Waals surface area contributed by atoms with Gasteiger partial charge in [0, 0.05) is 5.56 Å². The fraction of sp³-hybridized carbons (Fsp3) is 0.455. The van der Waals surface area contributed by atoms with Gasteiger partial charge in [0.15, 0.2) is 0 Å². The van der Waals surface area contributed by atoms with Gasteiger partial charge in [-0.1, -0.05) is 0 Å². The molecule has 3 nitrogen and oxygen atoms in total. The molecule has 0 amide bonds. The molecular formula is C11H14O3. The smallest absolute Gasteiger partial charge is 0.125 e. The predicted molar refractivity (Wildman–Crippen MR) is 52.9 cm³/mol. The van der Waals surface area contributed by atoms with E-state index in [2.05, 4.69) is 0 Å². The van der Waals surface area contributed by atoms with Gasteiger partial charge in [0.1, 0.15) is 17.1 Å². The van der Waals surface area contributed by atoms with Crippen LogP contribution >= 0.6 is 0 Å². The largest absolute Gasteiger partial charge is 0.497 e. The normalized spacial score (nSPS) is 24.5. The predicted octanol–water partition coefficient (Wildman–Crippen LogP) is 1.95. The second-order valence-corrected chi connectivity index (χ2v) is 3.59. The summed E-state index contributed by atoms with van der Waals surface area (Å²) in [7, 11) is 3.32. The highest BCUT2D eigenvalue weighted by molar-refractivity contribution is 5.45. The number of ether oxygens (including phenoxy) is 3. The second kappa shape index (κ2) is 3.17. The number of hydrogen-bond donors (Lipinski definition) is 0. The highest BCUT2D eigenvalue weighted by Gasteiger charge is 2.43. The van der Waals surface area contributed by atoms with Crippen LogP contribution in [0.5, 0.6) is 11.5 Å². The summed E-state index contributed by atoms with van der Waals surface area (Å²) < 4.78 is 15.8. The monoisotopic (exact) mass is 194 g/mol. The summed E-state index contributed by atoms with van der Waals surface area (Å²) in [6.07, 6.45) is 0. The fourth-order valence-corrected chi connectivity index (χ4v) is 1.49. The third kappa shape index (κ3) is 1.44. The van der Waals surface area contributed by atoms with Gasteiger partial charge in [-0.3, -0.25) is 0 Å². The molecule has 1 saturated heterocycles. The van der Waals surface area contributed by atoms with Gasteiger partial charge in [-0.25, -0.2) is 0 Å². The average Bonchev–Trinajstić information content (AvgIpc) is 2.97. The van der Waals surface area contributed by atoms with Crippen LogP contribution in [0.1, 0.15) is 12.5 Å². The fourth-order valence-electron chi connectivity index (χ4n) is 1.49. The molecule has 0 bridgehead atoms. The number of rotatable bonds is 3. The Bertz CT molecular complexity index is 342. The lowest BCUT2D eigenvalue weighted by Crippen LogP contribution is -2.05. The quantitative estimate of drug-likeness (QED) is 0.689. The van der Waals surface area contributed by atoms with Crippen molar-refractivity contribution < 1.29 is 14.2 Å². The zero-order valence-electron chi connectivity index (χ0n) is 8.66. The van der Waals surface area contributed by atoms with E-state index in [1.54, 1.807) is 14.2 Å². The van der Waals surface area contributed by atoms with Crippen molar-refractivity contribution in [1.82, 2.24) is 0 Å². The lowest BCUT2D eigenvalue weighted by atomic mass is 10.0. The minimum Gasteiger partial charge on any atom is -0.497 e. The molecule has 1 heterocycles. The molecule has 1 aromatic carbocycles. The SMILES string of the molecule is COc1ccc(OC)c(C2(C)CO2)c1. The molecule has 2 rings (SSSR count). The Labute approximate surface area is 83.6 Å². The zero-order chi connectivity index (χ0) is 10.2. The topological polar surface area (TPSA) is 31.0 Å². The number of hydrogen-bond acceptors (Lipinski definition) is 3. The van der Waals surface area contributed by atoms with Crippen LogP contribution in [-0.2, 0) is 10.3 Å². The molecule has 3 heteroatoms. The summed E-state index contributed by atoms with van der Waals surface area (Å²) >= 11 is 0. The Morgan fingerprint density at radius 3 is 2.50 bits per heavy atom. The maximum absolute atomic E-state index is 5.39. The third-order valence-electron chi connectivity index (χ3n) is 2.55. The van der Waals surface area contributed by atoms with E-state index in [1.165, 1.54) is 0 Å². The van der Waals surface area contributed by atoms with Crippen molar-refractivity contribution in [2.75, 3.05) is 20.8 Å². The van der Waals surface area contributed by atoms with E-state index < -0.39 is 0 Å². The van der Waals surface area contributed by atoms with Gasteiger partial charge in [-0.05, 0) is 25.1 Å². The molecule has 1 aliphatic heterocycles. The van der Waals surface area contributed by atoms with Gasteiger partial charge >= 0.3 is 0 Å². The molecule has 1 fully saturated rings. The first-order chi connectivity index (χ1) is 6.69. The van der Waals surface area contributed by atoms with Crippen LogP contribution in [-0.4, -0.2) is 20.8 Å². The minimum absolute atomic E-state index is 0.181. The summed E-state index contributed by atoms with van der Waals surface area (Å²) in [6.45, 7) is 2.79. The van der Waals surface area contributed by atoms with Crippen LogP contribution < -0.4 is 9.47 Å². The van der Waals surface area contributed by atoms with Gasteiger partial charge in [0.25, 0.3) is 0 Å². The molecule has 1 aliphatic rings. The van der Waals surface area contributed by atoms with Crippen LogP contribution in [0.4, 0.5) is 0 Å². The Morgan fingerprint density at radius 1 is 1.29 bits per heavy atom. The summed E-state index contributed by atoms with van der Waals surface area (Å²) in [5.41, 5.74) is 0.874. The van der Waals surface area contributed by atoms with E-state index >= 15 is 0 Å². The van der Waals surface area contributed by atoms with Crippen LogP contribution in [0.25, 0.3) is 0 Å². The highest BCUT2D eigenvalue weighted by atomic mass is 16.6. The van der Waals surface area contributed by atoms with Crippen LogP contribution in [0.3, 0.4) is 0 Å². The van der Waals surface area contributed by atoms with Crippen molar-refractivity contribution >= 4 is 0 Å². The maximum atomic E-state index is 5.39. The zero-order valence-corrected chi connectivity index (χ0v) is 8.66. The van der Waals surface area contributed by atoms with Gasteiger partial charge < -0.3 is 14.2 Å². The van der Waals surface area contributed by atoms with Gasteiger partial charge in [0.2, 0.25) is 0 Å². The Hall–Kier alpha value is -1.22. The van der Waals surface area contributed by atoms with E-state index in [4.69, 9.17) is 14.2 Å². The molecule has 1 atom stereocenters. The summed E-state index contributed by atoms with van der Waals surface area (Å²) in [5.74, 6) is 1.68. The molecule has 0 N–H and O–H groups in total. The van der Waals surface area contributed by atoms with Crippen molar-refractivity contribution in [1.29, 1.82) is 0 Å². The van der Waals surface area contributed by atoms with E-state index in [0.717, 1.165) is 23.7 Å². The van der Waals surface area contributed by atoms with Crippen molar-refractivity contribution in [2.45, 2.75) is 12.5 Å². The minimum atomic E-state index is -0.181. The summed E-state index contributed by atoms with van der Waals surface area (Å²) in [6, 6.07) is 5.75. The van der Waals surface area contributed by atoms with Gasteiger partial charge in [0.05, 0.1) is 20.8 Å². The molecule has 0 aliphatic carbocycles. The second-order valence-electron chi connectivity index (χ2n) is 3.59. The molecule has 1 unspecified atom stereocenters. The van der Waals surface area contributed by atoms with Crippen LogP contribution in [0, 0.1) is 0 Å². The molecule has 0 saturated carbocycles. The molecule has 0 spiro atoms. The van der Waals surface area contributed by atoms with E-state index in [-0.39, 0.29) is 5.60 Å². The van der Waals surface area contributed by atoms with Crippen molar-refractivity contribution in [2.24, 2.45) is 0 Å². The number of epoxide rings is 1. The summed E-state index contributed by atoms with van der Waals surface area (Å²) in [4.78, 5) is 0. The van der Waals surface area contributed by atoms with Crippen molar-refractivity contribution in [3.05, 3.63) is 23.8 Å². The molecule has 76 valence electrons. The average molecular weight is 194 g/mol. The first-order valence-corrected chi connectivity index (χ1v) is 4.56. The molecule has 0 radical (unpaired) electrons. The maximum Gasteiger partial charge on any atom is 0.125 e. The van der Waals surface area contributed by atoms with Crippen molar-refractivity contribution in [3.8, 4) is 11.5 Å².